The highest BCUT2D eigenvalue weighted by atomic mass is 16.4. The lowest BCUT2D eigenvalue weighted by Crippen LogP contribution is -2.48. The van der Waals surface area contributed by atoms with E-state index in [1.807, 2.05) is 0 Å². The smallest absolute Gasteiger partial charge is 0.330 e. The predicted molar refractivity (Wildman–Crippen MR) is 76.7 cm³/mol. The quantitative estimate of drug-likeness (QED) is 0.778. The van der Waals surface area contributed by atoms with Gasteiger partial charge >= 0.3 is 12.0 Å². The molecule has 1 aliphatic rings. The highest BCUT2D eigenvalue weighted by molar-refractivity contribution is 5.83. The number of amides is 2. The molecular formula is C15H20N2O4. The Labute approximate surface area is 123 Å². The van der Waals surface area contributed by atoms with Crippen LogP contribution in [0, 0.1) is 5.92 Å². The number of carbonyl (C=O) groups is 2. The van der Waals surface area contributed by atoms with Crippen LogP contribution in [0.4, 0.5) is 4.79 Å². The van der Waals surface area contributed by atoms with Crippen LogP contribution in [0.3, 0.4) is 0 Å². The van der Waals surface area contributed by atoms with E-state index in [2.05, 4.69) is 5.32 Å². The van der Waals surface area contributed by atoms with E-state index in [0.717, 1.165) is 12.8 Å². The molecule has 0 aliphatic carbocycles. The molecule has 1 aliphatic heterocycles. The Morgan fingerprint density at radius 2 is 2.05 bits per heavy atom. The fourth-order valence-electron chi connectivity index (χ4n) is 2.55. The van der Waals surface area contributed by atoms with Crippen molar-refractivity contribution in [2.45, 2.75) is 18.9 Å². The van der Waals surface area contributed by atoms with Gasteiger partial charge in [0.2, 0.25) is 0 Å². The SMILES string of the molecule is O=C(O)[C@@H](NC(=O)N1CCCC(CO)C1)c1ccccc1. The third-order valence-corrected chi connectivity index (χ3v) is 3.71. The van der Waals surface area contributed by atoms with Gasteiger partial charge in [-0.3, -0.25) is 0 Å². The number of carbonyl (C=O) groups excluding carboxylic acids is 1. The largest absolute Gasteiger partial charge is 0.479 e. The van der Waals surface area contributed by atoms with Gasteiger partial charge in [0.05, 0.1) is 0 Å². The first-order valence-corrected chi connectivity index (χ1v) is 7.06. The van der Waals surface area contributed by atoms with Crippen LogP contribution in [0.5, 0.6) is 0 Å². The summed E-state index contributed by atoms with van der Waals surface area (Å²) >= 11 is 0. The fourth-order valence-corrected chi connectivity index (χ4v) is 2.55. The van der Waals surface area contributed by atoms with Gasteiger partial charge in [-0.2, -0.15) is 0 Å². The Kier molecular flexibility index (Phi) is 5.16. The first-order valence-electron chi connectivity index (χ1n) is 7.06. The second-order valence-electron chi connectivity index (χ2n) is 5.27. The maximum atomic E-state index is 12.2. The Morgan fingerprint density at radius 3 is 2.67 bits per heavy atom. The highest BCUT2D eigenvalue weighted by Crippen LogP contribution is 2.18. The van der Waals surface area contributed by atoms with Gasteiger partial charge in [-0.25, -0.2) is 9.59 Å². The van der Waals surface area contributed by atoms with Crippen molar-refractivity contribution in [1.82, 2.24) is 10.2 Å². The van der Waals surface area contributed by atoms with Gasteiger partial charge in [-0.1, -0.05) is 30.3 Å². The Bertz CT molecular complexity index is 492. The number of nitrogens with zero attached hydrogens (tertiary/aromatic N) is 1. The summed E-state index contributed by atoms with van der Waals surface area (Å²) in [6, 6.07) is 7.15. The number of benzene rings is 1. The molecule has 1 aromatic carbocycles. The zero-order chi connectivity index (χ0) is 15.2. The molecule has 2 amide bonds. The number of carboxylic acids is 1. The molecule has 0 radical (unpaired) electrons. The molecule has 1 unspecified atom stereocenters. The van der Waals surface area contributed by atoms with E-state index in [9.17, 15) is 19.8 Å². The van der Waals surface area contributed by atoms with Crippen molar-refractivity contribution in [2.24, 2.45) is 5.92 Å². The number of aliphatic hydroxyl groups excluding tert-OH is 1. The lowest BCUT2D eigenvalue weighted by molar-refractivity contribution is -0.139. The highest BCUT2D eigenvalue weighted by Gasteiger charge is 2.27. The van der Waals surface area contributed by atoms with Crippen molar-refractivity contribution >= 4 is 12.0 Å². The summed E-state index contributed by atoms with van der Waals surface area (Å²) in [7, 11) is 0. The van der Waals surface area contributed by atoms with Crippen LogP contribution in [0.1, 0.15) is 24.4 Å². The summed E-state index contributed by atoms with van der Waals surface area (Å²) in [5.74, 6) is -1.02. The van der Waals surface area contributed by atoms with Crippen LogP contribution in [0.25, 0.3) is 0 Å². The molecule has 6 nitrogen and oxygen atoms in total. The number of urea groups is 1. The van der Waals surface area contributed by atoms with Gasteiger partial charge in [-0.05, 0) is 24.3 Å². The lowest BCUT2D eigenvalue weighted by atomic mass is 9.99. The molecule has 21 heavy (non-hydrogen) atoms. The van der Waals surface area contributed by atoms with Crippen molar-refractivity contribution < 1.29 is 19.8 Å². The fraction of sp³-hybridized carbons (Fsp3) is 0.467. The van der Waals surface area contributed by atoms with Crippen molar-refractivity contribution in [3.63, 3.8) is 0 Å². The second kappa shape index (κ2) is 7.08. The Balaban J connectivity index is 2.03. The summed E-state index contributed by atoms with van der Waals surface area (Å²) in [5, 5.41) is 21.0. The number of nitrogens with one attached hydrogen (secondary N) is 1. The number of hydrogen-bond acceptors (Lipinski definition) is 3. The molecule has 1 saturated heterocycles. The summed E-state index contributed by atoms with van der Waals surface area (Å²) < 4.78 is 0. The molecule has 0 saturated carbocycles. The van der Waals surface area contributed by atoms with Crippen molar-refractivity contribution in [2.75, 3.05) is 19.7 Å². The van der Waals surface area contributed by atoms with Crippen LogP contribution >= 0.6 is 0 Å². The van der Waals surface area contributed by atoms with E-state index in [0.29, 0.717) is 18.7 Å². The van der Waals surface area contributed by atoms with Crippen LogP contribution in [-0.2, 0) is 4.79 Å². The molecule has 2 atom stereocenters. The predicted octanol–water partition coefficient (Wildman–Crippen LogP) is 1.23. The van der Waals surface area contributed by atoms with E-state index in [1.54, 1.807) is 35.2 Å². The molecule has 0 aromatic heterocycles. The van der Waals surface area contributed by atoms with Crippen LogP contribution in [-0.4, -0.2) is 46.8 Å². The number of piperidine rings is 1. The number of likely N-dealkylation sites (tertiary alicyclic amines) is 1. The maximum absolute atomic E-state index is 12.2. The molecule has 0 spiro atoms. The molecule has 0 bridgehead atoms. The van der Waals surface area contributed by atoms with E-state index < -0.39 is 18.0 Å². The number of aliphatic carboxylic acids is 1. The Morgan fingerprint density at radius 1 is 1.33 bits per heavy atom. The average molecular weight is 292 g/mol. The molecular weight excluding hydrogens is 272 g/mol. The minimum Gasteiger partial charge on any atom is -0.479 e. The van der Waals surface area contributed by atoms with Gasteiger partial charge in [0.1, 0.15) is 0 Å². The zero-order valence-corrected chi connectivity index (χ0v) is 11.7. The van der Waals surface area contributed by atoms with E-state index in [-0.39, 0.29) is 12.5 Å². The number of rotatable bonds is 4. The molecule has 6 heteroatoms. The standard InChI is InChI=1S/C15H20N2O4/c18-10-11-5-4-8-17(9-11)15(21)16-13(14(19)20)12-6-2-1-3-7-12/h1-3,6-7,11,13,18H,4-5,8-10H2,(H,16,21)(H,19,20)/t11?,13-/m0/s1. The van der Waals surface area contributed by atoms with Crippen LogP contribution in [0.15, 0.2) is 30.3 Å². The van der Waals surface area contributed by atoms with E-state index >= 15 is 0 Å². The molecule has 1 heterocycles. The summed E-state index contributed by atoms with van der Waals surface area (Å²) in [4.78, 5) is 25.2. The molecule has 1 fully saturated rings. The van der Waals surface area contributed by atoms with Crippen molar-refractivity contribution in [3.05, 3.63) is 35.9 Å². The van der Waals surface area contributed by atoms with E-state index in [4.69, 9.17) is 0 Å². The van der Waals surface area contributed by atoms with Crippen molar-refractivity contribution in [3.8, 4) is 0 Å². The summed E-state index contributed by atoms with van der Waals surface area (Å²) in [6.07, 6.45) is 1.71. The average Bonchev–Trinajstić information content (AvgIpc) is 2.53. The van der Waals surface area contributed by atoms with E-state index in [1.165, 1.54) is 0 Å². The number of aliphatic hydroxyl groups is 1. The van der Waals surface area contributed by atoms with Gasteiger partial charge in [0.15, 0.2) is 6.04 Å². The third kappa shape index (κ3) is 3.95. The molecule has 1 aromatic rings. The minimum atomic E-state index is -1.09. The monoisotopic (exact) mass is 292 g/mol. The van der Waals surface area contributed by atoms with Gasteiger partial charge in [-0.15, -0.1) is 0 Å². The number of carboxylic acid groups (broad SMARTS) is 1. The summed E-state index contributed by atoms with van der Waals surface area (Å²) in [6.45, 7) is 1.09. The second-order valence-corrected chi connectivity index (χ2v) is 5.27. The van der Waals surface area contributed by atoms with Gasteiger partial charge in [0, 0.05) is 19.7 Å². The number of hydrogen-bond donors (Lipinski definition) is 3. The van der Waals surface area contributed by atoms with Gasteiger partial charge in [0.25, 0.3) is 0 Å². The van der Waals surface area contributed by atoms with Crippen molar-refractivity contribution in [1.29, 1.82) is 0 Å². The molecule has 114 valence electrons. The lowest BCUT2D eigenvalue weighted by Gasteiger charge is -2.32. The molecule has 2 rings (SSSR count). The maximum Gasteiger partial charge on any atom is 0.330 e. The normalized spacial score (nSPS) is 19.9. The first kappa shape index (κ1) is 15.3. The topological polar surface area (TPSA) is 89.9 Å². The first-order chi connectivity index (χ1) is 10.1. The van der Waals surface area contributed by atoms with Crippen LogP contribution in [0.2, 0.25) is 0 Å². The Hall–Kier alpha value is -2.08. The third-order valence-electron chi connectivity index (χ3n) is 3.71. The van der Waals surface area contributed by atoms with Crippen LogP contribution < -0.4 is 5.32 Å². The summed E-state index contributed by atoms with van der Waals surface area (Å²) in [5.41, 5.74) is 0.536. The zero-order valence-electron chi connectivity index (χ0n) is 11.7. The minimum absolute atomic E-state index is 0.0465. The van der Waals surface area contributed by atoms with Gasteiger partial charge < -0.3 is 20.4 Å². The molecule has 3 N–H and O–H groups in total.